The molecule has 118 valence electrons. The molecule has 0 aliphatic rings. The molecule has 0 radical (unpaired) electrons. The SMILES string of the molecule is O=C(NCC(c1ccco1)n1cccn1)Nc1ccc(Cl)cc1. The average molecular weight is 331 g/mol. The fraction of sp³-hybridized carbons (Fsp3) is 0.125. The first kappa shape index (κ1) is 15.2. The number of hydrogen-bond acceptors (Lipinski definition) is 3. The number of nitrogens with one attached hydrogen (secondary N) is 2. The summed E-state index contributed by atoms with van der Waals surface area (Å²) in [6.45, 7) is 0.342. The van der Waals surface area contributed by atoms with Gasteiger partial charge in [0.2, 0.25) is 0 Å². The van der Waals surface area contributed by atoms with Crippen LogP contribution in [-0.4, -0.2) is 22.4 Å². The van der Waals surface area contributed by atoms with E-state index in [4.69, 9.17) is 16.0 Å². The predicted octanol–water partition coefficient (Wildman–Crippen LogP) is 3.54. The van der Waals surface area contributed by atoms with Gasteiger partial charge in [-0.1, -0.05) is 11.6 Å². The summed E-state index contributed by atoms with van der Waals surface area (Å²) < 4.78 is 7.17. The molecule has 6 nitrogen and oxygen atoms in total. The molecule has 2 heterocycles. The van der Waals surface area contributed by atoms with E-state index in [1.165, 1.54) is 0 Å². The molecule has 1 unspecified atom stereocenters. The number of anilines is 1. The van der Waals surface area contributed by atoms with Gasteiger partial charge in [0.15, 0.2) is 0 Å². The topological polar surface area (TPSA) is 72.1 Å². The molecule has 2 amide bonds. The quantitative estimate of drug-likeness (QED) is 0.751. The Hall–Kier alpha value is -2.73. The highest BCUT2D eigenvalue weighted by atomic mass is 35.5. The minimum absolute atomic E-state index is 0.212. The lowest BCUT2D eigenvalue weighted by molar-refractivity contribution is 0.250. The van der Waals surface area contributed by atoms with E-state index >= 15 is 0 Å². The molecule has 0 saturated carbocycles. The number of benzene rings is 1. The van der Waals surface area contributed by atoms with Crippen molar-refractivity contribution in [1.82, 2.24) is 15.1 Å². The van der Waals surface area contributed by atoms with E-state index in [0.29, 0.717) is 17.3 Å². The lowest BCUT2D eigenvalue weighted by Crippen LogP contribution is -2.34. The number of aromatic nitrogens is 2. The molecule has 3 rings (SSSR count). The Labute approximate surface area is 138 Å². The van der Waals surface area contributed by atoms with Gasteiger partial charge in [0.1, 0.15) is 11.8 Å². The van der Waals surface area contributed by atoms with E-state index in [1.807, 2.05) is 18.3 Å². The van der Waals surface area contributed by atoms with Gasteiger partial charge in [-0.05, 0) is 42.5 Å². The Morgan fingerprint density at radius 1 is 1.26 bits per heavy atom. The molecular formula is C16H15ClN4O2. The van der Waals surface area contributed by atoms with E-state index in [-0.39, 0.29) is 12.1 Å². The van der Waals surface area contributed by atoms with Crippen molar-refractivity contribution >= 4 is 23.3 Å². The average Bonchev–Trinajstić information content (AvgIpc) is 3.24. The number of carbonyl (C=O) groups is 1. The van der Waals surface area contributed by atoms with E-state index in [1.54, 1.807) is 47.5 Å². The summed E-state index contributed by atoms with van der Waals surface area (Å²) in [5.41, 5.74) is 0.667. The zero-order chi connectivity index (χ0) is 16.1. The number of nitrogens with zero attached hydrogens (tertiary/aromatic N) is 2. The van der Waals surface area contributed by atoms with Crippen molar-refractivity contribution in [3.8, 4) is 0 Å². The summed E-state index contributed by atoms with van der Waals surface area (Å²) in [4.78, 5) is 12.0. The third-order valence-corrected chi connectivity index (χ3v) is 3.53. The van der Waals surface area contributed by atoms with Crippen LogP contribution in [0.2, 0.25) is 5.02 Å². The third-order valence-electron chi connectivity index (χ3n) is 3.27. The lowest BCUT2D eigenvalue weighted by atomic mass is 10.2. The highest BCUT2D eigenvalue weighted by Crippen LogP contribution is 2.17. The van der Waals surface area contributed by atoms with Crippen molar-refractivity contribution in [2.24, 2.45) is 0 Å². The maximum atomic E-state index is 12.0. The zero-order valence-corrected chi connectivity index (χ0v) is 12.9. The van der Waals surface area contributed by atoms with Gasteiger partial charge in [-0.15, -0.1) is 0 Å². The molecule has 0 aliphatic carbocycles. The normalized spacial score (nSPS) is 11.9. The molecule has 1 atom stereocenters. The maximum Gasteiger partial charge on any atom is 0.319 e. The van der Waals surface area contributed by atoms with Crippen LogP contribution < -0.4 is 10.6 Å². The van der Waals surface area contributed by atoms with Gasteiger partial charge in [0, 0.05) is 29.6 Å². The molecule has 2 N–H and O–H groups in total. The Bertz CT molecular complexity index is 705. The third kappa shape index (κ3) is 3.92. The first-order valence-corrected chi connectivity index (χ1v) is 7.43. The fourth-order valence-electron chi connectivity index (χ4n) is 2.17. The Kier molecular flexibility index (Phi) is 4.63. The van der Waals surface area contributed by atoms with Crippen LogP contribution in [0.3, 0.4) is 0 Å². The van der Waals surface area contributed by atoms with Gasteiger partial charge in [0.05, 0.1) is 6.26 Å². The van der Waals surface area contributed by atoms with Crippen molar-refractivity contribution in [1.29, 1.82) is 0 Å². The summed E-state index contributed by atoms with van der Waals surface area (Å²) in [5, 5.41) is 10.4. The van der Waals surface area contributed by atoms with Crippen LogP contribution in [0.15, 0.2) is 65.5 Å². The molecule has 0 fully saturated rings. The van der Waals surface area contributed by atoms with Gasteiger partial charge in [-0.3, -0.25) is 4.68 Å². The largest absolute Gasteiger partial charge is 0.467 e. The number of furan rings is 1. The number of carbonyl (C=O) groups excluding carboxylic acids is 1. The Morgan fingerprint density at radius 2 is 2.09 bits per heavy atom. The second kappa shape index (κ2) is 7.02. The number of halogens is 1. The fourth-order valence-corrected chi connectivity index (χ4v) is 2.29. The molecule has 0 aliphatic heterocycles. The monoisotopic (exact) mass is 330 g/mol. The van der Waals surface area contributed by atoms with Crippen LogP contribution in [-0.2, 0) is 0 Å². The van der Waals surface area contributed by atoms with Crippen LogP contribution in [0.1, 0.15) is 11.8 Å². The summed E-state index contributed by atoms with van der Waals surface area (Å²) in [7, 11) is 0. The molecule has 7 heteroatoms. The minimum Gasteiger partial charge on any atom is -0.467 e. The summed E-state index contributed by atoms with van der Waals surface area (Å²) in [5.74, 6) is 0.723. The van der Waals surface area contributed by atoms with E-state index in [2.05, 4.69) is 15.7 Å². The highest BCUT2D eigenvalue weighted by Gasteiger charge is 2.17. The molecule has 0 saturated heterocycles. The minimum atomic E-state index is -0.309. The van der Waals surface area contributed by atoms with Crippen LogP contribution in [0, 0.1) is 0 Å². The first-order valence-electron chi connectivity index (χ1n) is 7.05. The second-order valence-electron chi connectivity index (χ2n) is 4.86. The maximum absolute atomic E-state index is 12.0. The summed E-state index contributed by atoms with van der Waals surface area (Å²) in [6, 6.07) is 11.9. The van der Waals surface area contributed by atoms with E-state index < -0.39 is 0 Å². The van der Waals surface area contributed by atoms with Crippen LogP contribution in [0.25, 0.3) is 0 Å². The standard InChI is InChI=1S/C16H15ClN4O2/c17-12-4-6-13(7-5-12)20-16(22)18-11-14(15-3-1-10-23-15)21-9-2-8-19-21/h1-10,14H,11H2,(H2,18,20,22). The molecule has 0 spiro atoms. The van der Waals surface area contributed by atoms with Crippen molar-refractivity contribution in [3.05, 3.63) is 71.9 Å². The molecule has 2 aromatic heterocycles. The summed E-state index contributed by atoms with van der Waals surface area (Å²) >= 11 is 5.82. The van der Waals surface area contributed by atoms with Gasteiger partial charge in [-0.25, -0.2) is 4.79 Å². The van der Waals surface area contributed by atoms with Gasteiger partial charge < -0.3 is 15.1 Å². The Morgan fingerprint density at radius 3 is 2.74 bits per heavy atom. The number of amides is 2. The number of urea groups is 1. The molecule has 23 heavy (non-hydrogen) atoms. The smallest absolute Gasteiger partial charge is 0.319 e. The van der Waals surface area contributed by atoms with Crippen molar-refractivity contribution in [3.63, 3.8) is 0 Å². The highest BCUT2D eigenvalue weighted by molar-refractivity contribution is 6.30. The van der Waals surface area contributed by atoms with Crippen LogP contribution >= 0.6 is 11.6 Å². The first-order chi connectivity index (χ1) is 11.2. The molecule has 3 aromatic rings. The van der Waals surface area contributed by atoms with Gasteiger partial charge in [0.25, 0.3) is 0 Å². The van der Waals surface area contributed by atoms with Gasteiger partial charge in [-0.2, -0.15) is 5.10 Å². The van der Waals surface area contributed by atoms with Crippen LogP contribution in [0.4, 0.5) is 10.5 Å². The molecule has 1 aromatic carbocycles. The van der Waals surface area contributed by atoms with E-state index in [0.717, 1.165) is 5.76 Å². The number of hydrogen-bond donors (Lipinski definition) is 2. The number of rotatable bonds is 5. The van der Waals surface area contributed by atoms with E-state index in [9.17, 15) is 4.79 Å². The van der Waals surface area contributed by atoms with Crippen LogP contribution in [0.5, 0.6) is 0 Å². The lowest BCUT2D eigenvalue weighted by Gasteiger charge is -2.16. The second-order valence-corrected chi connectivity index (χ2v) is 5.30. The zero-order valence-electron chi connectivity index (χ0n) is 12.1. The van der Waals surface area contributed by atoms with Gasteiger partial charge >= 0.3 is 6.03 Å². The van der Waals surface area contributed by atoms with Crippen molar-refractivity contribution in [2.75, 3.05) is 11.9 Å². The van der Waals surface area contributed by atoms with Crippen molar-refractivity contribution < 1.29 is 9.21 Å². The molecule has 0 bridgehead atoms. The Balaban J connectivity index is 1.62. The summed E-state index contributed by atoms with van der Waals surface area (Å²) in [6.07, 6.45) is 5.11. The van der Waals surface area contributed by atoms with Crippen molar-refractivity contribution in [2.45, 2.75) is 6.04 Å². The predicted molar refractivity (Wildman–Crippen MR) is 87.5 cm³/mol. The molecular weight excluding hydrogens is 316 g/mol.